The van der Waals surface area contributed by atoms with Gasteiger partial charge >= 0.3 is 0 Å². The largest absolute Gasteiger partial charge is 0.340 e. The molecule has 10 nitrogen and oxygen atoms in total. The number of carbonyl (C=O) groups is 2. The van der Waals surface area contributed by atoms with Crippen molar-refractivity contribution >= 4 is 44.9 Å². The number of pyridine rings is 1. The van der Waals surface area contributed by atoms with Crippen LogP contribution >= 0.6 is 11.3 Å². The van der Waals surface area contributed by atoms with Gasteiger partial charge in [-0.1, -0.05) is 0 Å². The molecule has 11 heteroatoms. The monoisotopic (exact) mass is 547 g/mol. The number of amides is 2. The van der Waals surface area contributed by atoms with Crippen molar-refractivity contribution in [1.82, 2.24) is 29.7 Å². The molecule has 2 N–H and O–H groups in total. The van der Waals surface area contributed by atoms with Gasteiger partial charge in [-0.25, -0.2) is 9.97 Å². The maximum atomic E-state index is 13.7. The molecule has 2 fully saturated rings. The second kappa shape index (κ2) is 8.85. The lowest BCUT2D eigenvalue weighted by Gasteiger charge is -2.39. The fourth-order valence-corrected chi connectivity index (χ4v) is 8.03. The molecule has 3 aromatic rings. The molecule has 2 amide bonds. The Bertz CT molecular complexity index is 1590. The van der Waals surface area contributed by atoms with Gasteiger partial charge in [0.2, 0.25) is 5.91 Å². The predicted octanol–water partition coefficient (Wildman–Crippen LogP) is 2.75. The molecular formula is C28H33N7O3S. The van der Waals surface area contributed by atoms with Crippen LogP contribution in [0.1, 0.15) is 59.1 Å². The molecule has 1 saturated carbocycles. The number of hydrogen-bond acceptors (Lipinski definition) is 8. The van der Waals surface area contributed by atoms with E-state index in [2.05, 4.69) is 39.5 Å². The zero-order valence-corrected chi connectivity index (χ0v) is 23.4. The lowest BCUT2D eigenvalue weighted by atomic mass is 9.85. The number of carbonyl (C=O) groups excluding carboxylic acids is 2. The minimum absolute atomic E-state index is 0.0155. The summed E-state index contributed by atoms with van der Waals surface area (Å²) in [5.74, 6) is 0.671. The standard InChI is InChI=1S/C28H33N7O3S/c1-15-11-19(27(38)35-22(15)24(36)32-28(35)7-4-8-28)31-23-21-18-6-5-17(12-20(18)39-25(21)30-14-29-23)26(37)34-10-9-33(3)16(2)13-34/h11,14,16-17H,4-10,12-13H2,1-3H3,(H,32,36)(H,29,30,31)/t16-,17+/m1/s1. The van der Waals surface area contributed by atoms with Crippen molar-refractivity contribution in [3.63, 3.8) is 0 Å². The van der Waals surface area contributed by atoms with E-state index in [0.717, 1.165) is 67.5 Å². The topological polar surface area (TPSA) is 112 Å². The van der Waals surface area contributed by atoms with Gasteiger partial charge in [0.25, 0.3) is 11.5 Å². The second-order valence-electron chi connectivity index (χ2n) is 11.7. The van der Waals surface area contributed by atoms with Gasteiger partial charge in [0.1, 0.15) is 34.0 Å². The number of likely N-dealkylation sites (N-methyl/N-ethyl adjacent to an activating group) is 1. The van der Waals surface area contributed by atoms with E-state index < -0.39 is 5.66 Å². The average Bonchev–Trinajstić information content (AvgIpc) is 3.44. The molecule has 5 heterocycles. The number of fused-ring (bicyclic) bond motifs is 5. The molecule has 0 bridgehead atoms. The summed E-state index contributed by atoms with van der Waals surface area (Å²) in [6.45, 7) is 6.52. The highest BCUT2D eigenvalue weighted by atomic mass is 32.1. The highest BCUT2D eigenvalue weighted by Gasteiger charge is 2.48. The van der Waals surface area contributed by atoms with E-state index in [1.807, 2.05) is 11.8 Å². The molecule has 2 aliphatic carbocycles. The minimum Gasteiger partial charge on any atom is -0.340 e. The van der Waals surface area contributed by atoms with Gasteiger partial charge in [-0.15, -0.1) is 11.3 Å². The molecule has 1 spiro atoms. The van der Waals surface area contributed by atoms with Gasteiger partial charge in [0.15, 0.2) is 0 Å². The summed E-state index contributed by atoms with van der Waals surface area (Å²) in [5, 5.41) is 7.31. The molecule has 0 unspecified atom stereocenters. The van der Waals surface area contributed by atoms with E-state index >= 15 is 0 Å². The molecule has 1 saturated heterocycles. The van der Waals surface area contributed by atoms with Gasteiger partial charge < -0.3 is 20.4 Å². The Hall–Kier alpha value is -3.31. The summed E-state index contributed by atoms with van der Waals surface area (Å²) in [4.78, 5) is 55.3. The number of thiophene rings is 1. The molecule has 2 atom stereocenters. The summed E-state index contributed by atoms with van der Waals surface area (Å²) < 4.78 is 1.66. The van der Waals surface area contributed by atoms with Crippen LogP contribution in [0, 0.1) is 12.8 Å². The number of aromatic nitrogens is 3. The first-order valence-corrected chi connectivity index (χ1v) is 14.7. The quantitative estimate of drug-likeness (QED) is 0.519. The van der Waals surface area contributed by atoms with Gasteiger partial charge in [0.05, 0.1) is 5.39 Å². The first kappa shape index (κ1) is 24.7. The molecule has 0 aromatic carbocycles. The molecular weight excluding hydrogens is 514 g/mol. The number of anilines is 2. The van der Waals surface area contributed by atoms with Crippen LogP contribution in [0.5, 0.6) is 0 Å². The summed E-state index contributed by atoms with van der Waals surface area (Å²) in [5.41, 5.74) is 1.99. The summed E-state index contributed by atoms with van der Waals surface area (Å²) in [7, 11) is 2.11. The fraction of sp³-hybridized carbons (Fsp3) is 0.536. The Morgan fingerprint density at radius 1 is 1.23 bits per heavy atom. The molecule has 4 aliphatic rings. The number of aryl methyl sites for hydroxylation is 2. The molecule has 3 aromatic heterocycles. The SMILES string of the molecule is Cc1cc(Nc2ncnc3sc4c(c23)CC[C@H](C(=O)N2CCN(C)[C@H](C)C2)C4)c(=O)n2c1C(=O)NC21CCC1. The van der Waals surface area contributed by atoms with Gasteiger partial charge in [0, 0.05) is 36.5 Å². The third-order valence-corrected chi connectivity index (χ3v) is 10.4. The van der Waals surface area contributed by atoms with Crippen LogP contribution in [0.2, 0.25) is 0 Å². The molecule has 7 rings (SSSR count). The van der Waals surface area contributed by atoms with Gasteiger partial charge in [-0.2, -0.15) is 0 Å². The lowest BCUT2D eigenvalue weighted by molar-refractivity contribution is -0.138. The maximum absolute atomic E-state index is 13.7. The van der Waals surface area contributed by atoms with Crippen molar-refractivity contribution in [2.75, 3.05) is 32.0 Å². The first-order valence-electron chi connectivity index (χ1n) is 13.9. The Morgan fingerprint density at radius 3 is 2.79 bits per heavy atom. The average molecular weight is 548 g/mol. The smallest absolute Gasteiger partial charge is 0.276 e. The van der Waals surface area contributed by atoms with Crippen LogP contribution < -0.4 is 16.2 Å². The van der Waals surface area contributed by atoms with E-state index in [0.29, 0.717) is 29.7 Å². The first-order chi connectivity index (χ1) is 18.8. The second-order valence-corrected chi connectivity index (χ2v) is 12.7. The molecule has 39 heavy (non-hydrogen) atoms. The van der Waals surface area contributed by atoms with E-state index in [-0.39, 0.29) is 23.3 Å². The fourth-order valence-electron chi connectivity index (χ4n) is 6.76. The number of rotatable bonds is 3. The lowest BCUT2D eigenvalue weighted by Crippen LogP contribution is -2.53. The molecule has 2 aliphatic heterocycles. The van der Waals surface area contributed by atoms with Crippen molar-refractivity contribution in [3.05, 3.63) is 44.4 Å². The van der Waals surface area contributed by atoms with Gasteiger partial charge in [-0.05, 0) is 76.6 Å². The highest BCUT2D eigenvalue weighted by Crippen LogP contribution is 2.43. The summed E-state index contributed by atoms with van der Waals surface area (Å²) in [6.07, 6.45) is 6.32. The van der Waals surface area contributed by atoms with Crippen LogP contribution in [0.25, 0.3) is 10.2 Å². The number of piperazine rings is 1. The Balaban J connectivity index is 1.20. The van der Waals surface area contributed by atoms with Crippen molar-refractivity contribution in [2.45, 2.75) is 64.1 Å². The molecule has 0 radical (unpaired) electrons. The van der Waals surface area contributed by atoms with Crippen molar-refractivity contribution in [3.8, 4) is 0 Å². The summed E-state index contributed by atoms with van der Waals surface area (Å²) in [6, 6.07) is 2.12. The van der Waals surface area contributed by atoms with Crippen LogP contribution in [0.15, 0.2) is 17.2 Å². The van der Waals surface area contributed by atoms with Crippen LogP contribution in [0.4, 0.5) is 11.5 Å². The third kappa shape index (κ3) is 3.73. The number of nitrogens with one attached hydrogen (secondary N) is 2. The third-order valence-electron chi connectivity index (χ3n) is 9.28. The molecule has 204 valence electrons. The normalized spacial score (nSPS) is 23.9. The van der Waals surface area contributed by atoms with E-state index in [1.165, 1.54) is 16.8 Å². The Labute approximate surface area is 230 Å². The zero-order chi connectivity index (χ0) is 27.1. The van der Waals surface area contributed by atoms with Crippen molar-refractivity contribution < 1.29 is 9.59 Å². The zero-order valence-electron chi connectivity index (χ0n) is 22.5. The van der Waals surface area contributed by atoms with E-state index in [1.54, 1.807) is 22.0 Å². The maximum Gasteiger partial charge on any atom is 0.276 e. The van der Waals surface area contributed by atoms with Crippen LogP contribution in [-0.2, 0) is 23.3 Å². The van der Waals surface area contributed by atoms with E-state index in [4.69, 9.17) is 0 Å². The highest BCUT2D eigenvalue weighted by molar-refractivity contribution is 7.19. The Kier molecular flexibility index (Phi) is 5.61. The van der Waals surface area contributed by atoms with Crippen molar-refractivity contribution in [1.29, 1.82) is 0 Å². The van der Waals surface area contributed by atoms with Gasteiger partial charge in [-0.3, -0.25) is 19.0 Å². The van der Waals surface area contributed by atoms with Crippen LogP contribution in [0.3, 0.4) is 0 Å². The van der Waals surface area contributed by atoms with E-state index in [9.17, 15) is 14.4 Å². The minimum atomic E-state index is -0.600. The summed E-state index contributed by atoms with van der Waals surface area (Å²) >= 11 is 1.63. The van der Waals surface area contributed by atoms with Crippen LogP contribution in [-0.4, -0.2) is 68.9 Å². The van der Waals surface area contributed by atoms with Crippen molar-refractivity contribution in [2.24, 2.45) is 5.92 Å². The predicted molar refractivity (Wildman–Crippen MR) is 150 cm³/mol. The number of hydrogen-bond donors (Lipinski definition) is 2. The number of nitrogens with zero attached hydrogens (tertiary/aromatic N) is 5. The Morgan fingerprint density at radius 2 is 2.05 bits per heavy atom.